The van der Waals surface area contributed by atoms with Gasteiger partial charge in [-0.15, -0.1) is 0 Å². The summed E-state index contributed by atoms with van der Waals surface area (Å²) < 4.78 is 1.76. The standard InChI is InChI=1S/C23H27N3O2/c1-13-8-14(2)26(13)23(28)17-9-19-18-6-5-7-20-22(18)16(12-25(20)15(3)27)10-21(19)24(4)11-17/h5-7,9,12-14,17,21H,8,10-11H2,1-4H3/t13?,14?,17-,21?/m1/s1. The SMILES string of the molecule is CC(=O)n1cc2c3c(cccc31)C1=C[C@@H](C(=O)N3C(C)CC3C)CN(C)C1C2. The smallest absolute Gasteiger partial charge is 0.231 e. The summed E-state index contributed by atoms with van der Waals surface area (Å²) in [4.78, 5) is 29.7. The summed E-state index contributed by atoms with van der Waals surface area (Å²) in [5.41, 5.74) is 4.62. The second kappa shape index (κ2) is 6.05. The maximum Gasteiger partial charge on any atom is 0.231 e. The third-order valence-electron chi connectivity index (χ3n) is 6.93. The quantitative estimate of drug-likeness (QED) is 0.767. The lowest BCUT2D eigenvalue weighted by atomic mass is 9.79. The van der Waals surface area contributed by atoms with Gasteiger partial charge in [0.25, 0.3) is 0 Å². The van der Waals surface area contributed by atoms with Gasteiger partial charge in [-0.2, -0.15) is 0 Å². The number of aromatic nitrogens is 1. The van der Waals surface area contributed by atoms with E-state index in [0.717, 1.165) is 24.9 Å². The van der Waals surface area contributed by atoms with E-state index in [4.69, 9.17) is 0 Å². The largest absolute Gasteiger partial charge is 0.337 e. The third-order valence-corrected chi connectivity index (χ3v) is 6.93. The summed E-state index contributed by atoms with van der Waals surface area (Å²) in [6, 6.07) is 7.13. The second-order valence-electron chi connectivity index (χ2n) is 8.81. The van der Waals surface area contributed by atoms with Gasteiger partial charge in [0, 0.05) is 43.2 Å². The number of carbonyl (C=O) groups excluding carboxylic acids is 2. The molecule has 2 aromatic rings. The molecule has 1 amide bonds. The monoisotopic (exact) mass is 377 g/mol. The maximum atomic E-state index is 13.2. The number of carbonyl (C=O) groups is 2. The Morgan fingerprint density at radius 3 is 2.57 bits per heavy atom. The summed E-state index contributed by atoms with van der Waals surface area (Å²) in [7, 11) is 2.12. The third kappa shape index (κ3) is 2.35. The van der Waals surface area contributed by atoms with Gasteiger partial charge in [0.15, 0.2) is 0 Å². The summed E-state index contributed by atoms with van der Waals surface area (Å²) in [5.74, 6) is 0.186. The topological polar surface area (TPSA) is 45.6 Å². The molecular formula is C23H27N3O2. The maximum absolute atomic E-state index is 13.2. The van der Waals surface area contributed by atoms with Crippen LogP contribution >= 0.6 is 0 Å². The Morgan fingerprint density at radius 2 is 1.89 bits per heavy atom. The van der Waals surface area contributed by atoms with Crippen LogP contribution < -0.4 is 0 Å². The van der Waals surface area contributed by atoms with Crippen LogP contribution in [0.5, 0.6) is 0 Å². The van der Waals surface area contributed by atoms with E-state index in [9.17, 15) is 9.59 Å². The summed E-state index contributed by atoms with van der Waals surface area (Å²) in [5, 5.41) is 1.17. The number of hydrogen-bond donors (Lipinski definition) is 0. The average molecular weight is 377 g/mol. The lowest BCUT2D eigenvalue weighted by Crippen LogP contribution is -2.59. The molecule has 4 atom stereocenters. The number of rotatable bonds is 1. The van der Waals surface area contributed by atoms with Crippen molar-refractivity contribution in [2.75, 3.05) is 13.6 Å². The highest BCUT2D eigenvalue weighted by atomic mass is 16.2. The predicted molar refractivity (Wildman–Crippen MR) is 110 cm³/mol. The minimum absolute atomic E-state index is 0.0365. The molecule has 0 N–H and O–H groups in total. The molecule has 1 aromatic heterocycles. The van der Waals surface area contributed by atoms with Gasteiger partial charge >= 0.3 is 0 Å². The van der Waals surface area contributed by atoms with Crippen molar-refractivity contribution in [1.82, 2.24) is 14.4 Å². The van der Waals surface area contributed by atoms with Gasteiger partial charge in [0.2, 0.25) is 11.8 Å². The molecule has 0 spiro atoms. The molecule has 1 fully saturated rings. The molecular weight excluding hydrogens is 350 g/mol. The number of hydrogen-bond acceptors (Lipinski definition) is 3. The second-order valence-corrected chi connectivity index (χ2v) is 8.81. The first-order chi connectivity index (χ1) is 13.4. The normalized spacial score (nSPS) is 29.3. The van der Waals surface area contributed by atoms with Crippen molar-refractivity contribution >= 4 is 28.3 Å². The molecule has 1 aliphatic carbocycles. The molecule has 28 heavy (non-hydrogen) atoms. The van der Waals surface area contributed by atoms with Crippen LogP contribution in [0, 0.1) is 5.92 Å². The molecule has 0 radical (unpaired) electrons. The van der Waals surface area contributed by atoms with Crippen LogP contribution in [0.3, 0.4) is 0 Å². The number of benzene rings is 1. The van der Waals surface area contributed by atoms with Gasteiger partial charge in [0.05, 0.1) is 11.4 Å². The molecule has 5 nitrogen and oxygen atoms in total. The first kappa shape index (κ1) is 17.7. The van der Waals surface area contributed by atoms with Crippen molar-refractivity contribution in [2.45, 2.75) is 51.7 Å². The van der Waals surface area contributed by atoms with Crippen LogP contribution in [-0.2, 0) is 11.2 Å². The van der Waals surface area contributed by atoms with E-state index >= 15 is 0 Å². The molecule has 1 aromatic carbocycles. The fourth-order valence-electron chi connectivity index (χ4n) is 5.62. The van der Waals surface area contributed by atoms with Gasteiger partial charge in [-0.05, 0) is 56.5 Å². The van der Waals surface area contributed by atoms with Crippen molar-refractivity contribution < 1.29 is 9.59 Å². The Labute approximate surface area is 165 Å². The highest BCUT2D eigenvalue weighted by Crippen LogP contribution is 2.42. The highest BCUT2D eigenvalue weighted by molar-refractivity contribution is 6.03. The minimum atomic E-state index is -0.104. The number of amides is 1. The van der Waals surface area contributed by atoms with E-state index in [1.165, 1.54) is 22.1 Å². The van der Waals surface area contributed by atoms with E-state index in [2.05, 4.69) is 42.8 Å². The van der Waals surface area contributed by atoms with Gasteiger partial charge in [-0.1, -0.05) is 18.2 Å². The Bertz CT molecular complexity index is 1030. The number of nitrogens with zero attached hydrogens (tertiary/aromatic N) is 3. The molecule has 0 saturated carbocycles. The van der Waals surface area contributed by atoms with Crippen molar-refractivity contribution in [1.29, 1.82) is 0 Å². The van der Waals surface area contributed by atoms with Crippen LogP contribution in [0.4, 0.5) is 0 Å². The Balaban J connectivity index is 1.61. The minimum Gasteiger partial charge on any atom is -0.337 e. The van der Waals surface area contributed by atoms with Gasteiger partial charge in [-0.25, -0.2) is 0 Å². The molecule has 1 saturated heterocycles. The fourth-order valence-corrected chi connectivity index (χ4v) is 5.62. The van der Waals surface area contributed by atoms with E-state index in [1.807, 2.05) is 18.3 Å². The van der Waals surface area contributed by atoms with E-state index < -0.39 is 0 Å². The molecule has 3 unspecified atom stereocenters. The van der Waals surface area contributed by atoms with Crippen LogP contribution in [0.15, 0.2) is 30.5 Å². The van der Waals surface area contributed by atoms with Crippen molar-refractivity contribution in [3.05, 3.63) is 41.6 Å². The van der Waals surface area contributed by atoms with Gasteiger partial charge in [-0.3, -0.25) is 19.1 Å². The number of fused-ring (bicyclic) bond motifs is 2. The Hall–Kier alpha value is -2.40. The fraction of sp³-hybridized carbons (Fsp3) is 0.478. The summed E-state index contributed by atoms with van der Waals surface area (Å²) in [6.07, 6.45) is 6.19. The zero-order chi connectivity index (χ0) is 19.7. The molecule has 3 heterocycles. The molecule has 146 valence electrons. The Morgan fingerprint density at radius 1 is 1.14 bits per heavy atom. The van der Waals surface area contributed by atoms with E-state index in [1.54, 1.807) is 11.5 Å². The predicted octanol–water partition coefficient (Wildman–Crippen LogP) is 3.18. The lowest BCUT2D eigenvalue weighted by Gasteiger charge is -2.48. The van der Waals surface area contributed by atoms with E-state index in [0.29, 0.717) is 12.1 Å². The van der Waals surface area contributed by atoms with Crippen LogP contribution in [-0.4, -0.2) is 57.9 Å². The van der Waals surface area contributed by atoms with E-state index in [-0.39, 0.29) is 23.8 Å². The molecule has 5 heteroatoms. The number of likely N-dealkylation sites (N-methyl/N-ethyl adjacent to an activating group) is 1. The molecule has 5 rings (SSSR count). The average Bonchev–Trinajstić information content (AvgIpc) is 3.02. The molecule has 0 bridgehead atoms. The zero-order valence-corrected chi connectivity index (χ0v) is 17.0. The van der Waals surface area contributed by atoms with Crippen molar-refractivity contribution in [2.24, 2.45) is 5.92 Å². The van der Waals surface area contributed by atoms with Crippen molar-refractivity contribution in [3.63, 3.8) is 0 Å². The number of likely N-dealkylation sites (tertiary alicyclic amines) is 1. The lowest BCUT2D eigenvalue weighted by molar-refractivity contribution is -0.146. The Kier molecular flexibility index (Phi) is 3.82. The summed E-state index contributed by atoms with van der Waals surface area (Å²) >= 11 is 0. The highest BCUT2D eigenvalue weighted by Gasteiger charge is 2.42. The molecule has 2 aliphatic heterocycles. The van der Waals surface area contributed by atoms with Gasteiger partial charge < -0.3 is 4.90 Å². The molecule has 3 aliphatic rings. The van der Waals surface area contributed by atoms with Crippen LogP contribution in [0.2, 0.25) is 0 Å². The zero-order valence-electron chi connectivity index (χ0n) is 17.0. The first-order valence-electron chi connectivity index (χ1n) is 10.2. The first-order valence-corrected chi connectivity index (χ1v) is 10.2. The van der Waals surface area contributed by atoms with Gasteiger partial charge in [0.1, 0.15) is 0 Å². The van der Waals surface area contributed by atoms with Crippen molar-refractivity contribution in [3.8, 4) is 0 Å². The summed E-state index contributed by atoms with van der Waals surface area (Å²) in [6.45, 7) is 6.63. The van der Waals surface area contributed by atoms with Crippen LogP contribution in [0.25, 0.3) is 16.5 Å². The van der Waals surface area contributed by atoms with Crippen LogP contribution in [0.1, 0.15) is 43.1 Å².